The lowest BCUT2D eigenvalue weighted by Crippen LogP contribution is -2.37. The minimum absolute atomic E-state index is 0.404. The summed E-state index contributed by atoms with van der Waals surface area (Å²) in [6, 6.07) is 0. The molecule has 5 nitrogen and oxygen atoms in total. The molecule has 1 N–H and O–H groups in total. The summed E-state index contributed by atoms with van der Waals surface area (Å²) >= 11 is 1.69. The molecule has 2 atom stereocenters. The van der Waals surface area contributed by atoms with Gasteiger partial charge in [0.25, 0.3) is 0 Å². The van der Waals surface area contributed by atoms with E-state index in [0.29, 0.717) is 5.92 Å². The van der Waals surface area contributed by atoms with Crippen molar-refractivity contribution in [3.8, 4) is 0 Å². The van der Waals surface area contributed by atoms with Crippen molar-refractivity contribution in [2.45, 2.75) is 38.0 Å². The fourth-order valence-corrected chi connectivity index (χ4v) is 4.59. The molecule has 0 bridgehead atoms. The molecule has 0 saturated carbocycles. The normalized spacial score (nSPS) is 25.7. The maximum Gasteiger partial charge on any atom is 0.312 e. The third-order valence-corrected chi connectivity index (χ3v) is 5.62. The molecule has 0 amide bonds. The minimum atomic E-state index is -0.733. The number of methoxy groups -OCH3 is 1. The van der Waals surface area contributed by atoms with Gasteiger partial charge in [-0.1, -0.05) is 0 Å². The monoisotopic (exact) mass is 310 g/mol. The van der Waals surface area contributed by atoms with Crippen LogP contribution in [0.2, 0.25) is 0 Å². The Kier molecular flexibility index (Phi) is 4.45. The van der Waals surface area contributed by atoms with Crippen molar-refractivity contribution in [3.05, 3.63) is 10.6 Å². The van der Waals surface area contributed by atoms with Crippen LogP contribution >= 0.6 is 11.3 Å². The molecule has 0 aromatic carbocycles. The predicted molar refractivity (Wildman–Crippen MR) is 82.2 cm³/mol. The lowest BCUT2D eigenvalue weighted by molar-refractivity contribution is -0.139. The Morgan fingerprint density at radius 1 is 1.48 bits per heavy atom. The average Bonchev–Trinajstić information content (AvgIpc) is 2.91. The third kappa shape index (κ3) is 3.06. The number of ether oxygens (including phenoxy) is 1. The molecule has 0 radical (unpaired) electrons. The first-order chi connectivity index (χ1) is 10.2. The van der Waals surface area contributed by atoms with Crippen molar-refractivity contribution in [1.82, 2.24) is 4.98 Å². The first kappa shape index (κ1) is 14.8. The van der Waals surface area contributed by atoms with Gasteiger partial charge in [0.2, 0.25) is 0 Å². The van der Waals surface area contributed by atoms with E-state index in [1.54, 1.807) is 18.4 Å². The van der Waals surface area contributed by atoms with Gasteiger partial charge in [0.1, 0.15) is 5.92 Å². The maximum atomic E-state index is 11.4. The van der Waals surface area contributed by atoms with Gasteiger partial charge in [0.05, 0.1) is 12.3 Å². The molecular weight excluding hydrogens is 288 g/mol. The molecule has 21 heavy (non-hydrogen) atoms. The Morgan fingerprint density at radius 2 is 2.33 bits per heavy atom. The van der Waals surface area contributed by atoms with E-state index in [-0.39, 0.29) is 0 Å². The highest BCUT2D eigenvalue weighted by Gasteiger charge is 2.31. The molecular formula is C15H22N2O3S. The van der Waals surface area contributed by atoms with E-state index in [1.165, 1.54) is 11.3 Å². The summed E-state index contributed by atoms with van der Waals surface area (Å²) in [5, 5.41) is 10.4. The number of hydrogen-bond acceptors (Lipinski definition) is 5. The number of carbonyl (C=O) groups is 1. The van der Waals surface area contributed by atoms with Crippen molar-refractivity contribution in [2.75, 3.05) is 31.7 Å². The van der Waals surface area contributed by atoms with E-state index >= 15 is 0 Å². The molecule has 3 rings (SSSR count). The Morgan fingerprint density at radius 3 is 3.10 bits per heavy atom. The van der Waals surface area contributed by atoms with Gasteiger partial charge in [-0.25, -0.2) is 4.98 Å². The zero-order chi connectivity index (χ0) is 14.8. The number of carboxylic acid groups (broad SMARTS) is 1. The summed E-state index contributed by atoms with van der Waals surface area (Å²) in [6.07, 6.45) is 5.01. The highest BCUT2D eigenvalue weighted by Crippen LogP contribution is 2.39. The van der Waals surface area contributed by atoms with Crippen LogP contribution in [0.25, 0.3) is 0 Å². The van der Waals surface area contributed by atoms with Gasteiger partial charge < -0.3 is 14.7 Å². The highest BCUT2D eigenvalue weighted by molar-refractivity contribution is 7.15. The first-order valence-corrected chi connectivity index (χ1v) is 8.47. The van der Waals surface area contributed by atoms with Crippen LogP contribution in [-0.4, -0.2) is 42.9 Å². The number of fused-ring (bicyclic) bond motifs is 1. The zero-order valence-corrected chi connectivity index (χ0v) is 13.2. The molecule has 116 valence electrons. The second-order valence-corrected chi connectivity index (χ2v) is 7.06. The second-order valence-electron chi connectivity index (χ2n) is 6.00. The second kappa shape index (κ2) is 6.32. The molecule has 1 aromatic rings. The van der Waals surface area contributed by atoms with Crippen LogP contribution in [0.4, 0.5) is 5.13 Å². The van der Waals surface area contributed by atoms with Crippen molar-refractivity contribution in [3.63, 3.8) is 0 Å². The van der Waals surface area contributed by atoms with Crippen LogP contribution in [0.15, 0.2) is 0 Å². The quantitative estimate of drug-likeness (QED) is 0.926. The van der Waals surface area contributed by atoms with Gasteiger partial charge in [0, 0.05) is 25.1 Å². The maximum absolute atomic E-state index is 11.4. The van der Waals surface area contributed by atoms with E-state index < -0.39 is 11.9 Å². The number of aryl methyl sites for hydroxylation is 1. The third-order valence-electron chi connectivity index (χ3n) is 4.43. The Hall–Kier alpha value is -1.14. The summed E-state index contributed by atoms with van der Waals surface area (Å²) < 4.78 is 5.27. The lowest BCUT2D eigenvalue weighted by atomic mass is 9.91. The van der Waals surface area contributed by atoms with Crippen molar-refractivity contribution in [2.24, 2.45) is 5.92 Å². The standard InChI is InChI=1S/C15H22N2O3S/c1-20-9-10-4-3-7-17(8-10)15-16-13-11(14(18)19)5-2-6-12(13)21-15/h10-11H,2-9H2,1H3,(H,18,19). The predicted octanol–water partition coefficient (Wildman–Crippen LogP) is 2.51. The molecule has 2 heterocycles. The van der Waals surface area contributed by atoms with Gasteiger partial charge in [-0.05, 0) is 38.0 Å². The minimum Gasteiger partial charge on any atom is -0.481 e. The largest absolute Gasteiger partial charge is 0.481 e. The van der Waals surface area contributed by atoms with Crippen LogP contribution in [-0.2, 0) is 16.0 Å². The fourth-order valence-electron chi connectivity index (χ4n) is 3.39. The van der Waals surface area contributed by atoms with Gasteiger partial charge in [-0.3, -0.25) is 4.79 Å². The van der Waals surface area contributed by atoms with Gasteiger partial charge >= 0.3 is 5.97 Å². The number of anilines is 1. The first-order valence-electron chi connectivity index (χ1n) is 7.65. The molecule has 1 aliphatic heterocycles. The smallest absolute Gasteiger partial charge is 0.312 e. The Labute approximate surface area is 128 Å². The SMILES string of the molecule is COCC1CCCN(c2nc3c(s2)CCCC3C(=O)O)C1. The number of aromatic nitrogens is 1. The summed E-state index contributed by atoms with van der Waals surface area (Å²) in [5.74, 6) is -0.582. The molecule has 2 aliphatic rings. The van der Waals surface area contributed by atoms with Gasteiger partial charge in [-0.15, -0.1) is 11.3 Å². The van der Waals surface area contributed by atoms with Crippen LogP contribution in [0, 0.1) is 5.92 Å². The van der Waals surface area contributed by atoms with E-state index in [0.717, 1.165) is 56.2 Å². The van der Waals surface area contributed by atoms with E-state index in [9.17, 15) is 9.90 Å². The summed E-state index contributed by atoms with van der Waals surface area (Å²) in [7, 11) is 1.75. The van der Waals surface area contributed by atoms with Crippen molar-refractivity contribution < 1.29 is 14.6 Å². The number of thiazole rings is 1. The number of rotatable bonds is 4. The molecule has 6 heteroatoms. The number of aliphatic carboxylic acids is 1. The topological polar surface area (TPSA) is 62.7 Å². The van der Waals surface area contributed by atoms with E-state index in [2.05, 4.69) is 4.90 Å². The Balaban J connectivity index is 1.79. The number of piperidine rings is 1. The average molecular weight is 310 g/mol. The summed E-state index contributed by atoms with van der Waals surface area (Å²) in [4.78, 5) is 19.6. The number of nitrogens with zero attached hydrogens (tertiary/aromatic N) is 2. The van der Waals surface area contributed by atoms with Crippen LogP contribution < -0.4 is 4.90 Å². The summed E-state index contributed by atoms with van der Waals surface area (Å²) in [5.41, 5.74) is 0.822. The zero-order valence-electron chi connectivity index (χ0n) is 12.4. The van der Waals surface area contributed by atoms with Crippen molar-refractivity contribution in [1.29, 1.82) is 0 Å². The lowest BCUT2D eigenvalue weighted by Gasteiger charge is -2.32. The number of hydrogen-bond donors (Lipinski definition) is 1. The van der Waals surface area contributed by atoms with Gasteiger partial charge in [0.15, 0.2) is 5.13 Å². The van der Waals surface area contributed by atoms with Crippen LogP contribution in [0.3, 0.4) is 0 Å². The molecule has 1 aliphatic carbocycles. The van der Waals surface area contributed by atoms with E-state index in [1.807, 2.05) is 0 Å². The molecule has 1 saturated heterocycles. The Bertz CT molecular complexity index is 515. The summed E-state index contributed by atoms with van der Waals surface area (Å²) in [6.45, 7) is 2.78. The molecule has 1 fully saturated rings. The molecule has 0 spiro atoms. The molecule has 1 aromatic heterocycles. The molecule has 2 unspecified atom stereocenters. The number of carboxylic acids is 1. The van der Waals surface area contributed by atoms with E-state index in [4.69, 9.17) is 9.72 Å². The highest BCUT2D eigenvalue weighted by atomic mass is 32.1. The van der Waals surface area contributed by atoms with Gasteiger partial charge in [-0.2, -0.15) is 0 Å². The van der Waals surface area contributed by atoms with Crippen LogP contribution in [0.5, 0.6) is 0 Å². The fraction of sp³-hybridized carbons (Fsp3) is 0.733. The van der Waals surface area contributed by atoms with Crippen molar-refractivity contribution >= 4 is 22.4 Å². The van der Waals surface area contributed by atoms with Crippen LogP contribution in [0.1, 0.15) is 42.2 Å².